The molecule has 1 fully saturated rings. The molecule has 0 amide bonds. The molecule has 1 aromatic carbocycles. The van der Waals surface area contributed by atoms with Crippen molar-refractivity contribution in [1.29, 1.82) is 0 Å². The van der Waals surface area contributed by atoms with Crippen molar-refractivity contribution < 1.29 is 0 Å². The number of hydrogen-bond acceptors (Lipinski definition) is 4. The van der Waals surface area contributed by atoms with Crippen molar-refractivity contribution in [3.05, 3.63) is 86.5 Å². The zero-order chi connectivity index (χ0) is 18.5. The van der Waals surface area contributed by atoms with Crippen LogP contribution < -0.4 is 11.2 Å². The Kier molecular flexibility index (Phi) is 3.36. The first-order valence-electron chi connectivity index (χ1n) is 8.83. The summed E-state index contributed by atoms with van der Waals surface area (Å²) in [5, 5.41) is 4.49. The van der Waals surface area contributed by atoms with Crippen molar-refractivity contribution in [2.45, 2.75) is 25.2 Å². The molecule has 1 saturated carbocycles. The summed E-state index contributed by atoms with van der Waals surface area (Å²) < 4.78 is 1.69. The lowest BCUT2D eigenvalue weighted by atomic mass is 10.0. The van der Waals surface area contributed by atoms with Crippen LogP contribution in [0.2, 0.25) is 0 Å². The van der Waals surface area contributed by atoms with Crippen LogP contribution in [0.4, 0.5) is 0 Å². The number of aromatic nitrogens is 5. The number of rotatable bonds is 3. The van der Waals surface area contributed by atoms with Gasteiger partial charge < -0.3 is 4.98 Å². The average molecular weight is 359 g/mol. The van der Waals surface area contributed by atoms with Crippen LogP contribution in [0.1, 0.15) is 34.9 Å². The summed E-state index contributed by atoms with van der Waals surface area (Å²) in [5.74, 6) is 0.774. The van der Waals surface area contributed by atoms with Crippen molar-refractivity contribution >= 4 is 5.65 Å². The number of nitrogens with zero attached hydrogens (tertiary/aromatic N) is 3. The highest BCUT2D eigenvalue weighted by atomic mass is 16.2. The van der Waals surface area contributed by atoms with E-state index in [2.05, 4.69) is 51.2 Å². The van der Waals surface area contributed by atoms with E-state index in [1.807, 2.05) is 6.07 Å². The molecular formula is C20H17N5O2. The molecule has 134 valence electrons. The van der Waals surface area contributed by atoms with E-state index < -0.39 is 11.2 Å². The van der Waals surface area contributed by atoms with Gasteiger partial charge in [-0.2, -0.15) is 5.10 Å². The lowest BCUT2D eigenvalue weighted by molar-refractivity contribution is 0.906. The van der Waals surface area contributed by atoms with Crippen LogP contribution in [-0.4, -0.2) is 24.6 Å². The third-order valence-corrected chi connectivity index (χ3v) is 5.18. The van der Waals surface area contributed by atoms with Gasteiger partial charge in [-0.1, -0.05) is 29.8 Å². The van der Waals surface area contributed by atoms with Gasteiger partial charge in [0.25, 0.3) is 5.56 Å². The van der Waals surface area contributed by atoms with Crippen molar-refractivity contribution in [3.8, 4) is 11.3 Å². The summed E-state index contributed by atoms with van der Waals surface area (Å²) in [6.07, 6.45) is 5.92. The maximum Gasteiger partial charge on any atom is 0.325 e. The molecule has 4 aromatic rings. The van der Waals surface area contributed by atoms with Gasteiger partial charge >= 0.3 is 5.69 Å². The second-order valence-corrected chi connectivity index (χ2v) is 7.03. The summed E-state index contributed by atoms with van der Waals surface area (Å²) >= 11 is 0. The molecule has 0 aliphatic heterocycles. The summed E-state index contributed by atoms with van der Waals surface area (Å²) in [6, 6.07) is 10.5. The van der Waals surface area contributed by atoms with Crippen LogP contribution in [0.15, 0.2) is 58.5 Å². The predicted molar refractivity (Wildman–Crippen MR) is 101 cm³/mol. The van der Waals surface area contributed by atoms with Crippen LogP contribution in [-0.2, 0) is 0 Å². The van der Waals surface area contributed by atoms with Gasteiger partial charge in [0.15, 0.2) is 5.65 Å². The maximum absolute atomic E-state index is 12.2. The molecule has 0 radical (unpaired) electrons. The molecule has 1 aliphatic rings. The average Bonchev–Trinajstić information content (AvgIpc) is 3.30. The quantitative estimate of drug-likeness (QED) is 0.587. The molecule has 0 bridgehead atoms. The number of H-pyrrole nitrogens is 2. The number of fused-ring (bicyclic) bond motifs is 1. The van der Waals surface area contributed by atoms with Gasteiger partial charge in [-0.25, -0.2) is 14.3 Å². The van der Waals surface area contributed by atoms with Crippen LogP contribution in [0.5, 0.6) is 0 Å². The number of aromatic amines is 2. The largest absolute Gasteiger partial charge is 0.325 e. The van der Waals surface area contributed by atoms with Crippen molar-refractivity contribution in [1.82, 2.24) is 24.6 Å². The molecular weight excluding hydrogens is 342 g/mol. The third-order valence-electron chi connectivity index (χ3n) is 5.18. The van der Waals surface area contributed by atoms with E-state index in [0.717, 1.165) is 17.6 Å². The first kappa shape index (κ1) is 15.7. The topological polar surface area (TPSA) is 95.9 Å². The van der Waals surface area contributed by atoms with Crippen LogP contribution in [0, 0.1) is 6.92 Å². The molecule has 27 heavy (non-hydrogen) atoms. The minimum absolute atomic E-state index is 0.332. The molecule has 5 rings (SSSR count). The molecule has 1 aliphatic carbocycles. The fraction of sp³-hybridized carbons (Fsp3) is 0.200. The fourth-order valence-electron chi connectivity index (χ4n) is 3.67. The first-order chi connectivity index (χ1) is 13.1. The standard InChI is InChI=1S/C20H17N5O2/c1-11-2-4-12(5-3-11)13-8-14(13)15-9-17(24-25-7-6-21-18(15)25)16-10-22-20(27)23-19(16)26/h2-7,9-10,13-14H,8H2,1H3,(H2,22,23,26,27)/t13-,14+/m1/s1. The zero-order valence-corrected chi connectivity index (χ0v) is 14.6. The van der Waals surface area contributed by atoms with E-state index in [0.29, 0.717) is 23.1 Å². The van der Waals surface area contributed by atoms with Gasteiger partial charge in [-0.15, -0.1) is 0 Å². The first-order valence-corrected chi connectivity index (χ1v) is 8.83. The molecule has 7 heteroatoms. The SMILES string of the molecule is Cc1ccc([C@H]2C[C@@H]2c2cc(-c3c[nH]c(=O)[nH]c3=O)nn3ccnc23)cc1. The van der Waals surface area contributed by atoms with Crippen LogP contribution in [0.3, 0.4) is 0 Å². The highest BCUT2D eigenvalue weighted by molar-refractivity contribution is 5.63. The Hall–Kier alpha value is -3.48. The minimum Gasteiger partial charge on any atom is -0.313 e. The van der Waals surface area contributed by atoms with Crippen molar-refractivity contribution in [2.24, 2.45) is 0 Å². The molecule has 0 unspecified atom stereocenters. The normalized spacial score (nSPS) is 18.7. The van der Waals surface area contributed by atoms with E-state index in [1.165, 1.54) is 17.3 Å². The van der Waals surface area contributed by atoms with E-state index in [-0.39, 0.29) is 0 Å². The number of imidazole rings is 1. The van der Waals surface area contributed by atoms with Crippen LogP contribution >= 0.6 is 0 Å². The molecule has 3 aromatic heterocycles. The van der Waals surface area contributed by atoms with Gasteiger partial charge in [-0.3, -0.25) is 9.78 Å². The Labute approximate surface area is 153 Å². The molecule has 2 atom stereocenters. The van der Waals surface area contributed by atoms with Crippen molar-refractivity contribution in [2.75, 3.05) is 0 Å². The molecule has 2 N–H and O–H groups in total. The zero-order valence-electron chi connectivity index (χ0n) is 14.6. The highest BCUT2D eigenvalue weighted by Crippen LogP contribution is 2.55. The smallest absolute Gasteiger partial charge is 0.313 e. The minimum atomic E-state index is -0.533. The van der Waals surface area contributed by atoms with E-state index >= 15 is 0 Å². The Morgan fingerprint density at radius 2 is 1.96 bits per heavy atom. The second kappa shape index (κ2) is 5.77. The van der Waals surface area contributed by atoms with Crippen molar-refractivity contribution in [3.63, 3.8) is 0 Å². The predicted octanol–water partition coefficient (Wildman–Crippen LogP) is 2.35. The van der Waals surface area contributed by atoms with E-state index in [9.17, 15) is 9.59 Å². The number of aryl methyl sites for hydroxylation is 1. The lowest BCUT2D eigenvalue weighted by Gasteiger charge is -2.07. The molecule has 7 nitrogen and oxygen atoms in total. The fourth-order valence-corrected chi connectivity index (χ4v) is 3.67. The van der Waals surface area contributed by atoms with E-state index in [1.54, 1.807) is 16.9 Å². The number of benzene rings is 1. The Morgan fingerprint density at radius 3 is 2.74 bits per heavy atom. The van der Waals surface area contributed by atoms with Gasteiger partial charge in [0.1, 0.15) is 0 Å². The Bertz CT molecular complexity index is 1270. The van der Waals surface area contributed by atoms with Crippen LogP contribution in [0.25, 0.3) is 16.9 Å². The Balaban J connectivity index is 1.60. The second-order valence-electron chi connectivity index (χ2n) is 7.03. The van der Waals surface area contributed by atoms with Gasteiger partial charge in [0.2, 0.25) is 0 Å². The summed E-state index contributed by atoms with van der Waals surface area (Å²) in [7, 11) is 0. The molecule has 0 spiro atoms. The number of nitrogens with one attached hydrogen (secondary N) is 2. The number of hydrogen-bond donors (Lipinski definition) is 2. The van der Waals surface area contributed by atoms with Gasteiger partial charge in [0, 0.05) is 24.2 Å². The monoisotopic (exact) mass is 359 g/mol. The maximum atomic E-state index is 12.2. The Morgan fingerprint density at radius 1 is 1.15 bits per heavy atom. The van der Waals surface area contributed by atoms with E-state index in [4.69, 9.17) is 0 Å². The highest BCUT2D eigenvalue weighted by Gasteiger charge is 2.41. The lowest BCUT2D eigenvalue weighted by Crippen LogP contribution is -2.23. The van der Waals surface area contributed by atoms with Gasteiger partial charge in [-0.05, 0) is 36.8 Å². The molecule has 0 saturated heterocycles. The molecule has 3 heterocycles. The van der Waals surface area contributed by atoms with Gasteiger partial charge in [0.05, 0.1) is 11.3 Å². The summed E-state index contributed by atoms with van der Waals surface area (Å²) in [4.78, 5) is 32.7. The third kappa shape index (κ3) is 2.68. The summed E-state index contributed by atoms with van der Waals surface area (Å²) in [5.41, 5.74) is 4.30. The summed E-state index contributed by atoms with van der Waals surface area (Å²) in [6.45, 7) is 2.08.